The Balaban J connectivity index is 2.05. The van der Waals surface area contributed by atoms with E-state index in [1.54, 1.807) is 19.2 Å². The number of nitrogens with zero attached hydrogens (tertiary/aromatic N) is 1. The number of hydrogen-bond acceptors (Lipinski definition) is 4. The number of rotatable bonds is 3. The zero-order valence-corrected chi connectivity index (χ0v) is 12.3. The van der Waals surface area contributed by atoms with Crippen LogP contribution in [0.25, 0.3) is 10.6 Å². The van der Waals surface area contributed by atoms with Crippen molar-refractivity contribution in [3.8, 4) is 16.3 Å². The third-order valence-electron chi connectivity index (χ3n) is 3.41. The normalized spacial score (nSPS) is 17.0. The molecule has 0 fully saturated rings. The second-order valence-electron chi connectivity index (χ2n) is 4.60. The Morgan fingerprint density at radius 2 is 2.35 bits per heavy atom. The summed E-state index contributed by atoms with van der Waals surface area (Å²) in [5, 5.41) is 10.6. The Kier molecular flexibility index (Phi) is 3.40. The molecule has 1 unspecified atom stereocenters. The van der Waals surface area contributed by atoms with Crippen molar-refractivity contribution in [2.45, 2.75) is 18.8 Å². The van der Waals surface area contributed by atoms with E-state index < -0.39 is 11.9 Å². The fourth-order valence-corrected chi connectivity index (χ4v) is 3.75. The molecule has 0 saturated heterocycles. The number of aliphatic carboxylic acids is 1. The van der Waals surface area contributed by atoms with E-state index in [0.717, 1.165) is 21.9 Å². The first-order valence-electron chi connectivity index (χ1n) is 6.16. The van der Waals surface area contributed by atoms with Gasteiger partial charge in [0.1, 0.15) is 16.7 Å². The molecular weight excluding hydrogens is 298 g/mol. The standard InChI is InChI=1S/C14H12ClNO3S/c1-19-10-6-7(15)2-3-8(10)13-16-12-9(14(17)18)4-5-11(12)20-13/h2-3,6,9H,4-5H2,1H3,(H,17,18). The lowest BCUT2D eigenvalue weighted by molar-refractivity contribution is -0.138. The molecule has 0 spiro atoms. The molecule has 6 heteroatoms. The lowest BCUT2D eigenvalue weighted by Gasteiger charge is -2.07. The molecule has 1 aromatic heterocycles. The summed E-state index contributed by atoms with van der Waals surface area (Å²) in [6.07, 6.45) is 1.42. The maximum Gasteiger partial charge on any atom is 0.312 e. The van der Waals surface area contributed by atoms with Gasteiger partial charge in [-0.2, -0.15) is 0 Å². The van der Waals surface area contributed by atoms with Gasteiger partial charge in [-0.15, -0.1) is 11.3 Å². The molecule has 1 heterocycles. The van der Waals surface area contributed by atoms with Gasteiger partial charge in [0, 0.05) is 9.90 Å². The molecule has 0 aliphatic heterocycles. The number of hydrogen-bond donors (Lipinski definition) is 1. The Morgan fingerprint density at radius 3 is 3.05 bits per heavy atom. The van der Waals surface area contributed by atoms with Gasteiger partial charge in [0.25, 0.3) is 0 Å². The lowest BCUT2D eigenvalue weighted by Crippen LogP contribution is -2.08. The average molecular weight is 310 g/mol. The van der Waals surface area contributed by atoms with Crippen molar-refractivity contribution in [2.75, 3.05) is 7.11 Å². The van der Waals surface area contributed by atoms with E-state index in [9.17, 15) is 9.90 Å². The first-order chi connectivity index (χ1) is 9.60. The highest BCUT2D eigenvalue weighted by atomic mass is 35.5. The van der Waals surface area contributed by atoms with Crippen LogP contribution in [0.5, 0.6) is 5.75 Å². The van der Waals surface area contributed by atoms with Crippen LogP contribution < -0.4 is 4.74 Å². The summed E-state index contributed by atoms with van der Waals surface area (Å²) < 4.78 is 5.32. The van der Waals surface area contributed by atoms with Crippen LogP contribution in [0.4, 0.5) is 0 Å². The lowest BCUT2D eigenvalue weighted by atomic mass is 10.1. The SMILES string of the molecule is COc1cc(Cl)ccc1-c1nc2c(s1)CCC2C(=O)O. The molecule has 2 aromatic rings. The Labute approximate surface area is 125 Å². The monoisotopic (exact) mass is 309 g/mol. The van der Waals surface area contributed by atoms with Gasteiger partial charge in [0.2, 0.25) is 0 Å². The van der Waals surface area contributed by atoms with Crippen molar-refractivity contribution in [3.63, 3.8) is 0 Å². The van der Waals surface area contributed by atoms with Crippen LogP contribution in [0, 0.1) is 0 Å². The van der Waals surface area contributed by atoms with Gasteiger partial charge >= 0.3 is 5.97 Å². The largest absolute Gasteiger partial charge is 0.496 e. The summed E-state index contributed by atoms with van der Waals surface area (Å²) in [5.41, 5.74) is 1.55. The van der Waals surface area contributed by atoms with Gasteiger partial charge in [-0.05, 0) is 31.0 Å². The van der Waals surface area contributed by atoms with Crippen LogP contribution in [0.3, 0.4) is 0 Å². The third-order valence-corrected chi connectivity index (χ3v) is 4.81. The Bertz CT molecular complexity index is 683. The first kappa shape index (κ1) is 13.4. The number of carboxylic acids is 1. The molecule has 0 saturated carbocycles. The van der Waals surface area contributed by atoms with Crippen LogP contribution >= 0.6 is 22.9 Å². The van der Waals surface area contributed by atoms with Crippen molar-refractivity contribution in [1.82, 2.24) is 4.98 Å². The number of halogens is 1. The van der Waals surface area contributed by atoms with Crippen LogP contribution in [0.2, 0.25) is 5.02 Å². The Morgan fingerprint density at radius 1 is 1.55 bits per heavy atom. The number of benzene rings is 1. The highest BCUT2D eigenvalue weighted by molar-refractivity contribution is 7.15. The van der Waals surface area contributed by atoms with E-state index in [4.69, 9.17) is 16.3 Å². The van der Waals surface area contributed by atoms with Gasteiger partial charge in [-0.3, -0.25) is 4.79 Å². The maximum absolute atomic E-state index is 11.2. The van der Waals surface area contributed by atoms with Crippen molar-refractivity contribution in [3.05, 3.63) is 33.8 Å². The number of methoxy groups -OCH3 is 1. The van der Waals surface area contributed by atoms with E-state index in [1.165, 1.54) is 11.3 Å². The first-order valence-corrected chi connectivity index (χ1v) is 7.36. The predicted octanol–water partition coefficient (Wildman–Crippen LogP) is 3.59. The molecule has 1 atom stereocenters. The molecule has 1 aliphatic rings. The van der Waals surface area contributed by atoms with Gasteiger partial charge in [0.05, 0.1) is 18.4 Å². The minimum atomic E-state index is -0.802. The summed E-state index contributed by atoms with van der Waals surface area (Å²) >= 11 is 7.48. The van der Waals surface area contributed by atoms with Gasteiger partial charge in [-0.1, -0.05) is 11.6 Å². The smallest absolute Gasteiger partial charge is 0.312 e. The van der Waals surface area contributed by atoms with Crippen molar-refractivity contribution in [1.29, 1.82) is 0 Å². The molecule has 3 rings (SSSR count). The number of aryl methyl sites for hydroxylation is 1. The summed E-state index contributed by atoms with van der Waals surface area (Å²) in [5.74, 6) is -0.631. The van der Waals surface area contributed by atoms with Crippen LogP contribution in [0.1, 0.15) is 22.9 Å². The summed E-state index contributed by atoms with van der Waals surface area (Å²) in [4.78, 5) is 16.8. The fourth-order valence-electron chi connectivity index (χ4n) is 2.42. The number of carbonyl (C=O) groups is 1. The molecule has 0 bridgehead atoms. The van der Waals surface area contributed by atoms with E-state index in [1.807, 2.05) is 6.07 Å². The fraction of sp³-hybridized carbons (Fsp3) is 0.286. The van der Waals surface area contributed by atoms with E-state index in [2.05, 4.69) is 4.98 Å². The van der Waals surface area contributed by atoms with Gasteiger partial charge in [-0.25, -0.2) is 4.98 Å². The second-order valence-corrected chi connectivity index (χ2v) is 6.12. The highest BCUT2D eigenvalue weighted by Crippen LogP contribution is 2.42. The number of fused-ring (bicyclic) bond motifs is 1. The van der Waals surface area contributed by atoms with Crippen LogP contribution in [0.15, 0.2) is 18.2 Å². The molecule has 20 heavy (non-hydrogen) atoms. The molecule has 1 N–H and O–H groups in total. The summed E-state index contributed by atoms with van der Waals surface area (Å²) in [6, 6.07) is 5.36. The zero-order chi connectivity index (χ0) is 14.3. The Hall–Kier alpha value is -1.59. The zero-order valence-electron chi connectivity index (χ0n) is 10.7. The minimum absolute atomic E-state index is 0.478. The van der Waals surface area contributed by atoms with Crippen molar-refractivity contribution in [2.24, 2.45) is 0 Å². The summed E-state index contributed by atoms with van der Waals surface area (Å²) in [7, 11) is 1.58. The van der Waals surface area contributed by atoms with Crippen molar-refractivity contribution >= 4 is 28.9 Å². The topological polar surface area (TPSA) is 59.4 Å². The number of carboxylic acid groups (broad SMARTS) is 1. The minimum Gasteiger partial charge on any atom is -0.496 e. The van der Waals surface area contributed by atoms with E-state index in [0.29, 0.717) is 22.9 Å². The molecule has 104 valence electrons. The molecule has 0 amide bonds. The second kappa shape index (κ2) is 5.07. The maximum atomic E-state index is 11.2. The van der Waals surface area contributed by atoms with Crippen LogP contribution in [-0.4, -0.2) is 23.2 Å². The van der Waals surface area contributed by atoms with E-state index in [-0.39, 0.29) is 0 Å². The summed E-state index contributed by atoms with van der Waals surface area (Å²) in [6.45, 7) is 0. The quantitative estimate of drug-likeness (QED) is 0.941. The predicted molar refractivity (Wildman–Crippen MR) is 77.8 cm³/mol. The molecular formula is C14H12ClNO3S. The third kappa shape index (κ3) is 2.17. The molecule has 0 radical (unpaired) electrons. The van der Waals surface area contributed by atoms with Gasteiger partial charge < -0.3 is 9.84 Å². The molecule has 4 nitrogen and oxygen atoms in total. The molecule has 1 aromatic carbocycles. The number of aromatic nitrogens is 1. The van der Waals surface area contributed by atoms with E-state index >= 15 is 0 Å². The highest BCUT2D eigenvalue weighted by Gasteiger charge is 2.32. The number of ether oxygens (including phenoxy) is 1. The van der Waals surface area contributed by atoms with Gasteiger partial charge in [0.15, 0.2) is 0 Å². The van der Waals surface area contributed by atoms with Crippen molar-refractivity contribution < 1.29 is 14.6 Å². The van der Waals surface area contributed by atoms with Crippen LogP contribution in [-0.2, 0) is 11.2 Å². The molecule has 1 aliphatic carbocycles. The number of thiazole rings is 1. The average Bonchev–Trinajstić information content (AvgIpc) is 2.97.